The van der Waals surface area contributed by atoms with Gasteiger partial charge in [0.15, 0.2) is 35.0 Å². The van der Waals surface area contributed by atoms with Gasteiger partial charge in [0.1, 0.15) is 11.5 Å². The van der Waals surface area contributed by atoms with Crippen molar-refractivity contribution in [2.45, 2.75) is 27.7 Å². The number of ether oxygens (including phenoxy) is 2. The molecule has 0 saturated heterocycles. The smallest absolute Gasteiger partial charge is 0.430 e. The maximum atomic E-state index is 11.1. The molecular weight excluding hydrogens is 386 g/mol. The first-order valence-corrected chi connectivity index (χ1v) is 6.93. The molecule has 0 aromatic heterocycles. The average molecular weight is 402 g/mol. The standard InChI is InChI=1S/2C8H8O4.Zn/c2*1-4-3-6(10)7(5(2)9)8(11)12-4;/h2*3,7H,1-2H3;/q;;+2. The molecule has 25 heavy (non-hydrogen) atoms. The molecule has 0 aromatic carbocycles. The predicted molar refractivity (Wildman–Crippen MR) is 78.1 cm³/mol. The van der Waals surface area contributed by atoms with E-state index in [9.17, 15) is 28.8 Å². The Kier molecular flexibility index (Phi) is 8.43. The van der Waals surface area contributed by atoms with Crippen molar-refractivity contribution in [2.75, 3.05) is 0 Å². The fraction of sp³-hybridized carbons (Fsp3) is 0.375. The Morgan fingerprint density at radius 1 is 0.760 bits per heavy atom. The molecule has 0 aliphatic carbocycles. The molecule has 0 saturated carbocycles. The van der Waals surface area contributed by atoms with Gasteiger partial charge in [0.2, 0.25) is 0 Å². The molecule has 2 rings (SSSR count). The van der Waals surface area contributed by atoms with Crippen LogP contribution >= 0.6 is 0 Å². The van der Waals surface area contributed by atoms with E-state index >= 15 is 0 Å². The first-order valence-electron chi connectivity index (χ1n) is 6.93. The summed E-state index contributed by atoms with van der Waals surface area (Å²) in [5.41, 5.74) is 0. The van der Waals surface area contributed by atoms with Crippen molar-refractivity contribution in [3.8, 4) is 0 Å². The van der Waals surface area contributed by atoms with Gasteiger partial charge in [0.25, 0.3) is 0 Å². The minimum absolute atomic E-state index is 0. The van der Waals surface area contributed by atoms with Crippen LogP contribution in [0.1, 0.15) is 27.7 Å². The SMILES string of the molecule is CC(=O)C1C(=O)C=C(C)OC1=O.CC(=O)C1C(=O)C=C(C)OC1=O.[Zn+2]. The molecule has 0 bridgehead atoms. The number of allylic oxidation sites excluding steroid dienone is 4. The van der Waals surface area contributed by atoms with E-state index in [-0.39, 0.29) is 31.0 Å². The Morgan fingerprint density at radius 3 is 1.24 bits per heavy atom. The van der Waals surface area contributed by atoms with Gasteiger partial charge in [0.05, 0.1) is 0 Å². The largest absolute Gasteiger partial charge is 2.00 e. The third-order valence-corrected chi connectivity index (χ3v) is 3.07. The van der Waals surface area contributed by atoms with Gasteiger partial charge in [-0.2, -0.15) is 0 Å². The molecule has 2 aliphatic rings. The van der Waals surface area contributed by atoms with Crippen molar-refractivity contribution < 1.29 is 57.7 Å². The van der Waals surface area contributed by atoms with Crippen LogP contribution < -0.4 is 0 Å². The summed E-state index contributed by atoms with van der Waals surface area (Å²) >= 11 is 0. The molecule has 2 heterocycles. The van der Waals surface area contributed by atoms with Gasteiger partial charge in [-0.15, -0.1) is 0 Å². The first-order chi connectivity index (χ1) is 11.0. The molecule has 8 nitrogen and oxygen atoms in total. The van der Waals surface area contributed by atoms with Crippen molar-refractivity contribution >= 4 is 35.1 Å². The second kappa shape index (κ2) is 9.27. The number of ketones is 4. The van der Waals surface area contributed by atoms with Crippen molar-refractivity contribution in [1.29, 1.82) is 0 Å². The van der Waals surface area contributed by atoms with Crippen molar-refractivity contribution in [3.05, 3.63) is 23.7 Å². The van der Waals surface area contributed by atoms with E-state index < -0.39 is 46.9 Å². The monoisotopic (exact) mass is 400 g/mol. The zero-order chi connectivity index (χ0) is 18.6. The Hall–Kier alpha value is -2.28. The summed E-state index contributed by atoms with van der Waals surface area (Å²) in [5.74, 6) is -5.48. The summed E-state index contributed by atoms with van der Waals surface area (Å²) in [4.78, 5) is 65.6. The van der Waals surface area contributed by atoms with Crippen LogP contribution in [-0.2, 0) is 57.7 Å². The van der Waals surface area contributed by atoms with Gasteiger partial charge < -0.3 is 9.47 Å². The van der Waals surface area contributed by atoms with E-state index in [0.29, 0.717) is 0 Å². The number of carbonyl (C=O) groups excluding carboxylic acids is 6. The van der Waals surface area contributed by atoms with Crippen LogP contribution in [0.15, 0.2) is 23.7 Å². The normalized spacial score (nSPS) is 22.2. The number of cyclic esters (lactones) is 2. The molecule has 0 radical (unpaired) electrons. The number of rotatable bonds is 2. The molecule has 2 aliphatic heterocycles. The summed E-state index contributed by atoms with van der Waals surface area (Å²) in [6.45, 7) is 5.37. The summed E-state index contributed by atoms with van der Waals surface area (Å²) in [7, 11) is 0. The summed E-state index contributed by atoms with van der Waals surface area (Å²) in [6, 6.07) is 0. The van der Waals surface area contributed by atoms with Gasteiger partial charge in [-0.3, -0.25) is 28.8 Å². The predicted octanol–water partition coefficient (Wildman–Crippen LogP) is 0.440. The molecule has 9 heteroatoms. The first kappa shape index (κ1) is 22.7. The average Bonchev–Trinajstić information content (AvgIpc) is 2.35. The fourth-order valence-electron chi connectivity index (χ4n) is 2.03. The van der Waals surface area contributed by atoms with Crippen molar-refractivity contribution in [1.82, 2.24) is 0 Å². The maximum absolute atomic E-state index is 11.1. The van der Waals surface area contributed by atoms with E-state index in [2.05, 4.69) is 9.47 Å². The molecule has 0 aromatic rings. The molecule has 2 unspecified atom stereocenters. The second-order valence-electron chi connectivity index (χ2n) is 5.24. The number of hydrogen-bond donors (Lipinski definition) is 0. The minimum atomic E-state index is -1.24. The van der Waals surface area contributed by atoms with Gasteiger partial charge >= 0.3 is 31.4 Å². The van der Waals surface area contributed by atoms with Gasteiger partial charge in [-0.25, -0.2) is 0 Å². The fourth-order valence-corrected chi connectivity index (χ4v) is 2.03. The van der Waals surface area contributed by atoms with E-state index in [1.807, 2.05) is 0 Å². The maximum Gasteiger partial charge on any atom is 2.00 e. The molecule has 2 atom stereocenters. The molecule has 0 spiro atoms. The van der Waals surface area contributed by atoms with Crippen LogP contribution in [0.5, 0.6) is 0 Å². The third-order valence-electron chi connectivity index (χ3n) is 3.07. The second-order valence-corrected chi connectivity index (χ2v) is 5.24. The van der Waals surface area contributed by atoms with E-state index in [1.54, 1.807) is 0 Å². The molecule has 0 fully saturated rings. The number of hydrogen-bond acceptors (Lipinski definition) is 8. The molecule has 0 N–H and O–H groups in total. The Labute approximate surface area is 156 Å². The topological polar surface area (TPSA) is 121 Å². The minimum Gasteiger partial charge on any atom is -0.430 e. The number of esters is 2. The number of Topliss-reactive ketones (excluding diaryl/α,β-unsaturated/α-hetero) is 2. The van der Waals surface area contributed by atoms with Gasteiger partial charge in [-0.05, 0) is 27.7 Å². The van der Waals surface area contributed by atoms with Gasteiger partial charge in [-0.1, -0.05) is 0 Å². The van der Waals surface area contributed by atoms with Crippen LogP contribution in [0.3, 0.4) is 0 Å². The molecular formula is C16H16O8Zn+2. The summed E-state index contributed by atoms with van der Waals surface area (Å²) in [5, 5.41) is 0. The quantitative estimate of drug-likeness (QED) is 0.371. The third kappa shape index (κ3) is 5.94. The molecule has 128 valence electrons. The van der Waals surface area contributed by atoms with E-state index in [4.69, 9.17) is 0 Å². The van der Waals surface area contributed by atoms with Crippen LogP contribution in [0.4, 0.5) is 0 Å². The van der Waals surface area contributed by atoms with Crippen LogP contribution in [0.25, 0.3) is 0 Å². The molecule has 0 amide bonds. The van der Waals surface area contributed by atoms with Crippen molar-refractivity contribution in [3.63, 3.8) is 0 Å². The number of carbonyl (C=O) groups is 6. The van der Waals surface area contributed by atoms with Gasteiger partial charge in [0, 0.05) is 12.2 Å². The summed E-state index contributed by atoms with van der Waals surface area (Å²) in [6.07, 6.45) is 2.32. The van der Waals surface area contributed by atoms with E-state index in [1.165, 1.54) is 27.7 Å². The Bertz CT molecular complexity index is 641. The van der Waals surface area contributed by atoms with Crippen molar-refractivity contribution in [2.24, 2.45) is 11.8 Å². The zero-order valence-electron chi connectivity index (χ0n) is 14.3. The summed E-state index contributed by atoms with van der Waals surface area (Å²) < 4.78 is 9.22. The zero-order valence-corrected chi connectivity index (χ0v) is 17.2. The van der Waals surface area contributed by atoms with Crippen LogP contribution in [0.2, 0.25) is 0 Å². The van der Waals surface area contributed by atoms with Crippen LogP contribution in [0, 0.1) is 11.8 Å². The van der Waals surface area contributed by atoms with E-state index in [0.717, 1.165) is 12.2 Å². The Balaban J connectivity index is 0.000000443. The Morgan fingerprint density at radius 2 is 1.04 bits per heavy atom. The van der Waals surface area contributed by atoms with Crippen LogP contribution in [-0.4, -0.2) is 35.1 Å².